The molecule has 2 fully saturated rings. The van der Waals surface area contributed by atoms with Gasteiger partial charge in [0.15, 0.2) is 5.96 Å². The van der Waals surface area contributed by atoms with Crippen LogP contribution in [0, 0.1) is 0 Å². The minimum Gasteiger partial charge on any atom is -0.497 e. The van der Waals surface area contributed by atoms with E-state index in [0.29, 0.717) is 0 Å². The molecule has 9 heteroatoms. The molecule has 8 nitrogen and oxygen atoms in total. The summed E-state index contributed by atoms with van der Waals surface area (Å²) in [6.45, 7) is 12.4. The highest BCUT2D eigenvalue weighted by atomic mass is 127. The number of hydrogen-bond donors (Lipinski definition) is 2. The highest BCUT2D eigenvalue weighted by Crippen LogP contribution is 2.20. The van der Waals surface area contributed by atoms with Crippen molar-refractivity contribution in [3.8, 4) is 5.75 Å². The Balaban J connectivity index is 0.00000385. The average molecular weight is 576 g/mol. The Hall–Kier alpha value is -1.30. The summed E-state index contributed by atoms with van der Waals surface area (Å²) in [5, 5.41) is 6.80. The van der Waals surface area contributed by atoms with Crippen LogP contribution < -0.4 is 20.3 Å². The molecule has 2 heterocycles. The SMILES string of the molecule is CCNC(=NCCCOC1CCOC1)NCCCN1CCN(c2ccc(OC)cc2)CC1.I. The summed E-state index contributed by atoms with van der Waals surface area (Å²) in [4.78, 5) is 9.68. The molecule has 33 heavy (non-hydrogen) atoms. The van der Waals surface area contributed by atoms with E-state index in [4.69, 9.17) is 14.2 Å². The molecular weight excluding hydrogens is 533 g/mol. The zero-order chi connectivity index (χ0) is 22.4. The van der Waals surface area contributed by atoms with Gasteiger partial charge < -0.3 is 29.7 Å². The van der Waals surface area contributed by atoms with Crippen molar-refractivity contribution in [2.45, 2.75) is 32.3 Å². The molecule has 0 aromatic heterocycles. The predicted molar refractivity (Wildman–Crippen MR) is 145 cm³/mol. The third-order valence-electron chi connectivity index (χ3n) is 5.91. The molecule has 188 valence electrons. The molecule has 3 rings (SSSR count). The number of methoxy groups -OCH3 is 1. The van der Waals surface area contributed by atoms with E-state index in [2.05, 4.69) is 44.5 Å². The van der Waals surface area contributed by atoms with Gasteiger partial charge in [-0.1, -0.05) is 0 Å². The maximum absolute atomic E-state index is 5.81. The number of rotatable bonds is 12. The molecule has 0 spiro atoms. The summed E-state index contributed by atoms with van der Waals surface area (Å²) in [6.07, 6.45) is 3.34. The third kappa shape index (κ3) is 10.2. The van der Waals surface area contributed by atoms with Gasteiger partial charge in [0.25, 0.3) is 0 Å². The second-order valence-corrected chi connectivity index (χ2v) is 8.28. The highest BCUT2D eigenvalue weighted by Gasteiger charge is 2.17. The zero-order valence-corrected chi connectivity index (χ0v) is 22.6. The average Bonchev–Trinajstić information content (AvgIpc) is 3.35. The monoisotopic (exact) mass is 575 g/mol. The number of piperazine rings is 1. The molecule has 0 aliphatic carbocycles. The maximum Gasteiger partial charge on any atom is 0.191 e. The first-order valence-electron chi connectivity index (χ1n) is 12.1. The fourth-order valence-electron chi connectivity index (χ4n) is 4.02. The van der Waals surface area contributed by atoms with Gasteiger partial charge >= 0.3 is 0 Å². The molecule has 1 unspecified atom stereocenters. The summed E-state index contributed by atoms with van der Waals surface area (Å²) < 4.78 is 16.4. The predicted octanol–water partition coefficient (Wildman–Crippen LogP) is 2.58. The van der Waals surface area contributed by atoms with Crippen molar-refractivity contribution in [2.24, 2.45) is 4.99 Å². The van der Waals surface area contributed by atoms with Gasteiger partial charge in [-0.25, -0.2) is 0 Å². The smallest absolute Gasteiger partial charge is 0.191 e. The Labute approximate surface area is 216 Å². The van der Waals surface area contributed by atoms with Crippen molar-refractivity contribution in [2.75, 3.05) is 84.2 Å². The number of halogens is 1. The lowest BCUT2D eigenvalue weighted by molar-refractivity contribution is 0.0424. The molecule has 0 radical (unpaired) electrons. The van der Waals surface area contributed by atoms with Gasteiger partial charge in [0.1, 0.15) is 5.75 Å². The molecule has 2 saturated heterocycles. The van der Waals surface area contributed by atoms with Crippen LogP contribution >= 0.6 is 24.0 Å². The minimum absolute atomic E-state index is 0. The summed E-state index contributed by atoms with van der Waals surface area (Å²) in [5.41, 5.74) is 1.28. The van der Waals surface area contributed by atoms with Crippen LogP contribution in [0.3, 0.4) is 0 Å². The lowest BCUT2D eigenvalue weighted by Gasteiger charge is -2.36. The first-order chi connectivity index (χ1) is 15.8. The normalized spacial score (nSPS) is 19.3. The first kappa shape index (κ1) is 27.9. The van der Waals surface area contributed by atoms with Gasteiger partial charge in [-0.05, 0) is 57.0 Å². The van der Waals surface area contributed by atoms with E-state index in [1.54, 1.807) is 7.11 Å². The largest absolute Gasteiger partial charge is 0.497 e. The molecule has 2 aliphatic rings. The quantitative estimate of drug-likeness (QED) is 0.172. The van der Waals surface area contributed by atoms with Crippen molar-refractivity contribution in [3.05, 3.63) is 24.3 Å². The molecule has 0 saturated carbocycles. The second kappa shape index (κ2) is 16.3. The molecule has 2 aliphatic heterocycles. The summed E-state index contributed by atoms with van der Waals surface area (Å²) in [5.74, 6) is 1.81. The highest BCUT2D eigenvalue weighted by molar-refractivity contribution is 14.0. The second-order valence-electron chi connectivity index (χ2n) is 8.28. The topological polar surface area (TPSA) is 70.6 Å². The summed E-state index contributed by atoms with van der Waals surface area (Å²) in [7, 11) is 1.71. The van der Waals surface area contributed by atoms with Gasteiger partial charge in [0, 0.05) is 64.7 Å². The molecule has 2 N–H and O–H groups in total. The number of guanidine groups is 1. The van der Waals surface area contributed by atoms with Crippen LogP contribution in [0.2, 0.25) is 0 Å². The zero-order valence-electron chi connectivity index (χ0n) is 20.3. The maximum atomic E-state index is 5.81. The van der Waals surface area contributed by atoms with E-state index in [9.17, 15) is 0 Å². The molecular formula is C24H42IN5O3. The molecule has 1 atom stereocenters. The van der Waals surface area contributed by atoms with Crippen molar-refractivity contribution in [1.82, 2.24) is 15.5 Å². The Morgan fingerprint density at radius 1 is 1.12 bits per heavy atom. The van der Waals surface area contributed by atoms with Crippen molar-refractivity contribution in [1.29, 1.82) is 0 Å². The fourth-order valence-corrected chi connectivity index (χ4v) is 4.02. The Morgan fingerprint density at radius 2 is 1.91 bits per heavy atom. The first-order valence-corrected chi connectivity index (χ1v) is 12.1. The van der Waals surface area contributed by atoms with Gasteiger partial charge in [0.2, 0.25) is 0 Å². The number of nitrogens with one attached hydrogen (secondary N) is 2. The van der Waals surface area contributed by atoms with Gasteiger partial charge in [0.05, 0.1) is 19.8 Å². The fraction of sp³-hybridized carbons (Fsp3) is 0.708. The van der Waals surface area contributed by atoms with Gasteiger partial charge in [-0.3, -0.25) is 9.89 Å². The molecule has 0 amide bonds. The Morgan fingerprint density at radius 3 is 2.58 bits per heavy atom. The summed E-state index contributed by atoms with van der Waals surface area (Å²) in [6, 6.07) is 8.37. The van der Waals surface area contributed by atoms with Crippen molar-refractivity contribution >= 4 is 35.6 Å². The van der Waals surface area contributed by atoms with Crippen molar-refractivity contribution in [3.63, 3.8) is 0 Å². The standard InChI is InChI=1S/C24H41N5O3.HI/c1-3-25-24(27-12-5-18-32-23-10-19-31-20-23)26-11-4-13-28-14-16-29(17-15-28)21-6-8-22(30-2)9-7-21;/h6-9,23H,3-5,10-20H2,1-2H3,(H2,25,26,27);1H. The van der Waals surface area contributed by atoms with Crippen LogP contribution in [-0.2, 0) is 9.47 Å². The van der Waals surface area contributed by atoms with E-state index in [1.807, 2.05) is 12.1 Å². The number of benzene rings is 1. The van der Waals surface area contributed by atoms with Crippen LogP contribution in [-0.4, -0.2) is 96.3 Å². The van der Waals surface area contributed by atoms with Crippen LogP contribution in [0.25, 0.3) is 0 Å². The molecule has 0 bridgehead atoms. The van der Waals surface area contributed by atoms with Crippen LogP contribution in [0.1, 0.15) is 26.2 Å². The third-order valence-corrected chi connectivity index (χ3v) is 5.91. The van der Waals surface area contributed by atoms with Crippen LogP contribution in [0.5, 0.6) is 5.75 Å². The lowest BCUT2D eigenvalue weighted by atomic mass is 10.2. The number of nitrogens with zero attached hydrogens (tertiary/aromatic N) is 3. The Bertz CT molecular complexity index is 663. The van der Waals surface area contributed by atoms with E-state index in [-0.39, 0.29) is 30.1 Å². The number of hydrogen-bond acceptors (Lipinski definition) is 6. The molecule has 1 aromatic carbocycles. The van der Waals surface area contributed by atoms with Gasteiger partial charge in [-0.2, -0.15) is 0 Å². The number of aliphatic imine (C=N–C) groups is 1. The van der Waals surface area contributed by atoms with E-state index < -0.39 is 0 Å². The lowest BCUT2D eigenvalue weighted by Crippen LogP contribution is -2.47. The molecule has 1 aromatic rings. The van der Waals surface area contributed by atoms with Crippen LogP contribution in [0.4, 0.5) is 5.69 Å². The Kier molecular flexibility index (Phi) is 13.8. The van der Waals surface area contributed by atoms with E-state index >= 15 is 0 Å². The minimum atomic E-state index is 0. The van der Waals surface area contributed by atoms with E-state index in [0.717, 1.165) is 103 Å². The van der Waals surface area contributed by atoms with Crippen molar-refractivity contribution < 1.29 is 14.2 Å². The van der Waals surface area contributed by atoms with Crippen LogP contribution in [0.15, 0.2) is 29.3 Å². The number of ether oxygens (including phenoxy) is 3. The summed E-state index contributed by atoms with van der Waals surface area (Å²) >= 11 is 0. The number of anilines is 1. The van der Waals surface area contributed by atoms with Gasteiger partial charge in [-0.15, -0.1) is 24.0 Å². The van der Waals surface area contributed by atoms with E-state index in [1.165, 1.54) is 5.69 Å².